The number of hydrogen-bond acceptors (Lipinski definition) is 3. The van der Waals surface area contributed by atoms with Gasteiger partial charge in [-0.05, 0) is 0 Å². The SMILES string of the molecule is Nc1c(Cl)c(F)c(C(=O)O)c(F)c1C(=O)O. The van der Waals surface area contributed by atoms with Crippen LogP contribution in [0, 0.1) is 11.6 Å². The molecule has 4 N–H and O–H groups in total. The molecule has 0 fully saturated rings. The Morgan fingerprint density at radius 3 is 1.88 bits per heavy atom. The molecule has 1 aromatic carbocycles. The highest BCUT2D eigenvalue weighted by Crippen LogP contribution is 2.32. The molecule has 0 aliphatic heterocycles. The van der Waals surface area contributed by atoms with Crippen molar-refractivity contribution in [2.24, 2.45) is 0 Å². The maximum absolute atomic E-state index is 13.3. The van der Waals surface area contributed by atoms with Gasteiger partial charge in [0, 0.05) is 0 Å². The molecule has 0 aliphatic rings. The molecule has 1 rings (SSSR count). The Morgan fingerprint density at radius 1 is 1.06 bits per heavy atom. The largest absolute Gasteiger partial charge is 0.478 e. The van der Waals surface area contributed by atoms with Gasteiger partial charge in [0.2, 0.25) is 0 Å². The second kappa shape index (κ2) is 3.93. The first kappa shape index (κ1) is 12.2. The topological polar surface area (TPSA) is 101 Å². The van der Waals surface area contributed by atoms with Gasteiger partial charge in [-0.25, -0.2) is 18.4 Å². The summed E-state index contributed by atoms with van der Waals surface area (Å²) in [5, 5.41) is 16.1. The highest BCUT2D eigenvalue weighted by Gasteiger charge is 2.29. The van der Waals surface area contributed by atoms with Crippen molar-refractivity contribution in [1.29, 1.82) is 0 Å². The average Bonchev–Trinajstić information content (AvgIpc) is 2.13. The smallest absolute Gasteiger partial charge is 0.341 e. The number of carbonyl (C=O) groups is 2. The Hall–Kier alpha value is -1.89. The molecule has 8 heteroatoms. The van der Waals surface area contributed by atoms with E-state index in [0.29, 0.717) is 0 Å². The molecule has 0 unspecified atom stereocenters. The fourth-order valence-electron chi connectivity index (χ4n) is 1.07. The molecule has 0 saturated carbocycles. The summed E-state index contributed by atoms with van der Waals surface area (Å²) in [4.78, 5) is 21.1. The maximum Gasteiger partial charge on any atom is 0.341 e. The zero-order valence-electron chi connectivity index (χ0n) is 7.42. The number of nitrogen functional groups attached to an aromatic ring is 1. The van der Waals surface area contributed by atoms with Crippen molar-refractivity contribution in [3.63, 3.8) is 0 Å². The van der Waals surface area contributed by atoms with E-state index in [4.69, 9.17) is 27.5 Å². The van der Waals surface area contributed by atoms with Gasteiger partial charge < -0.3 is 15.9 Å². The van der Waals surface area contributed by atoms with E-state index in [1.807, 2.05) is 0 Å². The second-order valence-corrected chi connectivity index (χ2v) is 3.09. The van der Waals surface area contributed by atoms with Gasteiger partial charge in [0.25, 0.3) is 0 Å². The fourth-order valence-corrected chi connectivity index (χ4v) is 1.26. The molecule has 0 saturated heterocycles. The van der Waals surface area contributed by atoms with E-state index < -0.39 is 45.4 Å². The van der Waals surface area contributed by atoms with E-state index in [1.54, 1.807) is 0 Å². The minimum Gasteiger partial charge on any atom is -0.478 e. The predicted octanol–water partition coefficient (Wildman–Crippen LogP) is 1.60. The van der Waals surface area contributed by atoms with Crippen LogP contribution in [0.15, 0.2) is 0 Å². The molecule has 0 heterocycles. The van der Waals surface area contributed by atoms with Crippen LogP contribution in [0.4, 0.5) is 14.5 Å². The highest BCUT2D eigenvalue weighted by atomic mass is 35.5. The van der Waals surface area contributed by atoms with Gasteiger partial charge in [-0.15, -0.1) is 0 Å². The van der Waals surface area contributed by atoms with Crippen molar-refractivity contribution in [3.05, 3.63) is 27.8 Å². The molecule has 1 aromatic rings. The molecule has 0 aromatic heterocycles. The Balaban J connectivity index is 3.80. The molecule has 0 atom stereocenters. The summed E-state index contributed by atoms with van der Waals surface area (Å²) >= 11 is 5.25. The number of carboxylic acids is 2. The summed E-state index contributed by atoms with van der Waals surface area (Å²) in [5.74, 6) is -7.17. The first-order valence-electron chi connectivity index (χ1n) is 3.71. The zero-order chi connectivity index (χ0) is 12.6. The number of nitrogens with two attached hydrogens (primary N) is 1. The third-order valence-corrected chi connectivity index (χ3v) is 2.15. The highest BCUT2D eigenvalue weighted by molar-refractivity contribution is 6.34. The number of aromatic carboxylic acids is 2. The van der Waals surface area contributed by atoms with Crippen molar-refractivity contribution in [2.45, 2.75) is 0 Å². The van der Waals surface area contributed by atoms with Crippen LogP contribution in [0.1, 0.15) is 20.7 Å². The molecular formula is C8H4ClF2NO4. The molecule has 0 aliphatic carbocycles. The zero-order valence-corrected chi connectivity index (χ0v) is 8.18. The molecule has 16 heavy (non-hydrogen) atoms. The van der Waals surface area contributed by atoms with Gasteiger partial charge in [0.05, 0.1) is 5.69 Å². The lowest BCUT2D eigenvalue weighted by Gasteiger charge is -2.09. The van der Waals surface area contributed by atoms with Crippen LogP contribution in [-0.4, -0.2) is 22.2 Å². The first-order valence-corrected chi connectivity index (χ1v) is 4.09. The molecule has 5 nitrogen and oxygen atoms in total. The van der Waals surface area contributed by atoms with E-state index in [-0.39, 0.29) is 0 Å². The molecule has 0 radical (unpaired) electrons. The van der Waals surface area contributed by atoms with Crippen LogP contribution >= 0.6 is 11.6 Å². The molecular weight excluding hydrogens is 248 g/mol. The van der Waals surface area contributed by atoms with Gasteiger partial charge in [0.15, 0.2) is 11.6 Å². The van der Waals surface area contributed by atoms with E-state index in [0.717, 1.165) is 0 Å². The fraction of sp³-hybridized carbons (Fsp3) is 0. The van der Waals surface area contributed by atoms with Gasteiger partial charge in [0.1, 0.15) is 16.1 Å². The number of carboxylic acid groups (broad SMARTS) is 2. The minimum absolute atomic E-state index is 0.853. The average molecular weight is 252 g/mol. The third kappa shape index (κ3) is 1.65. The van der Waals surface area contributed by atoms with Crippen molar-refractivity contribution in [2.75, 3.05) is 5.73 Å². The van der Waals surface area contributed by atoms with Crippen molar-refractivity contribution >= 4 is 29.2 Å². The first-order chi connectivity index (χ1) is 7.29. The van der Waals surface area contributed by atoms with E-state index >= 15 is 0 Å². The minimum atomic E-state index is -1.97. The Bertz CT molecular complexity index is 462. The summed E-state index contributed by atoms with van der Waals surface area (Å²) in [5.41, 5.74) is 1.61. The van der Waals surface area contributed by atoms with Crippen LogP contribution < -0.4 is 5.73 Å². The van der Waals surface area contributed by atoms with Crippen molar-refractivity contribution in [1.82, 2.24) is 0 Å². The van der Waals surface area contributed by atoms with Crippen molar-refractivity contribution in [3.8, 4) is 0 Å². The summed E-state index contributed by atoms with van der Waals surface area (Å²) in [6, 6.07) is 0. The van der Waals surface area contributed by atoms with Gasteiger partial charge in [-0.2, -0.15) is 0 Å². The predicted molar refractivity (Wildman–Crippen MR) is 49.7 cm³/mol. The lowest BCUT2D eigenvalue weighted by molar-refractivity contribution is 0.0684. The Kier molecular flexibility index (Phi) is 2.99. The quantitative estimate of drug-likeness (QED) is 0.547. The lowest BCUT2D eigenvalue weighted by atomic mass is 10.1. The van der Waals surface area contributed by atoms with Crippen LogP contribution in [-0.2, 0) is 0 Å². The van der Waals surface area contributed by atoms with Crippen LogP contribution in [0.25, 0.3) is 0 Å². The standard InChI is InChI=1S/C8H4ClF2NO4/c9-3-5(11)1(7(13)14)4(10)2(6(3)12)8(15)16/h12H2,(H,13,14)(H,15,16). The van der Waals surface area contributed by atoms with Crippen LogP contribution in [0.2, 0.25) is 5.02 Å². The van der Waals surface area contributed by atoms with Crippen LogP contribution in [0.5, 0.6) is 0 Å². The van der Waals surface area contributed by atoms with Crippen LogP contribution in [0.3, 0.4) is 0 Å². The summed E-state index contributed by atoms with van der Waals surface area (Å²) < 4.78 is 26.5. The third-order valence-electron chi connectivity index (χ3n) is 1.78. The second-order valence-electron chi connectivity index (χ2n) is 2.72. The van der Waals surface area contributed by atoms with Gasteiger partial charge >= 0.3 is 11.9 Å². The summed E-state index contributed by atoms with van der Waals surface area (Å²) in [6.45, 7) is 0. The molecule has 0 spiro atoms. The Morgan fingerprint density at radius 2 is 1.50 bits per heavy atom. The van der Waals surface area contributed by atoms with E-state index in [9.17, 15) is 18.4 Å². The summed E-state index contributed by atoms with van der Waals surface area (Å²) in [7, 11) is 0. The number of benzene rings is 1. The van der Waals surface area contributed by atoms with Gasteiger partial charge in [-0.1, -0.05) is 11.6 Å². The molecule has 0 amide bonds. The number of hydrogen-bond donors (Lipinski definition) is 3. The monoisotopic (exact) mass is 251 g/mol. The maximum atomic E-state index is 13.3. The number of rotatable bonds is 2. The lowest BCUT2D eigenvalue weighted by Crippen LogP contribution is -2.14. The Labute approximate surface area is 92.0 Å². The number of anilines is 1. The molecule has 0 bridgehead atoms. The normalized spacial score (nSPS) is 10.2. The van der Waals surface area contributed by atoms with Gasteiger partial charge in [-0.3, -0.25) is 0 Å². The number of halogens is 3. The molecule has 86 valence electrons. The van der Waals surface area contributed by atoms with E-state index in [2.05, 4.69) is 0 Å². The van der Waals surface area contributed by atoms with E-state index in [1.165, 1.54) is 0 Å². The summed E-state index contributed by atoms with van der Waals surface area (Å²) in [6.07, 6.45) is 0. The van der Waals surface area contributed by atoms with Crippen molar-refractivity contribution < 1.29 is 28.6 Å².